The number of amides is 2. The van der Waals surface area contributed by atoms with E-state index in [1.807, 2.05) is 86.6 Å². The van der Waals surface area contributed by atoms with Crippen LogP contribution < -0.4 is 10.1 Å². The van der Waals surface area contributed by atoms with Gasteiger partial charge in [-0.15, -0.1) is 0 Å². The zero-order valence-electron chi connectivity index (χ0n) is 22.1. The Bertz CT molecular complexity index is 1400. The fraction of sp³-hybridized carbons (Fsp3) is 0.250. The van der Waals surface area contributed by atoms with Gasteiger partial charge in [0.15, 0.2) is 6.61 Å². The molecule has 0 heterocycles. The van der Waals surface area contributed by atoms with Crippen molar-refractivity contribution in [2.24, 2.45) is 5.92 Å². The number of ether oxygens (including phenoxy) is 1. The van der Waals surface area contributed by atoms with Crippen LogP contribution in [0.2, 0.25) is 10.0 Å². The third-order valence-corrected chi connectivity index (χ3v) is 7.15. The monoisotopic (exact) mass is 562 g/mol. The molecule has 0 aromatic heterocycles. The van der Waals surface area contributed by atoms with E-state index in [0.717, 1.165) is 16.3 Å². The van der Waals surface area contributed by atoms with E-state index >= 15 is 0 Å². The molecule has 202 valence electrons. The van der Waals surface area contributed by atoms with Crippen LogP contribution in [0.25, 0.3) is 10.8 Å². The van der Waals surface area contributed by atoms with Crippen LogP contribution in [0.5, 0.6) is 5.75 Å². The summed E-state index contributed by atoms with van der Waals surface area (Å²) in [5, 5.41) is 5.78. The number of benzene rings is 4. The Morgan fingerprint density at radius 1 is 0.846 bits per heavy atom. The average Bonchev–Trinajstić information content (AvgIpc) is 2.94. The molecule has 4 aromatic carbocycles. The van der Waals surface area contributed by atoms with E-state index in [4.69, 9.17) is 27.9 Å². The molecule has 1 N–H and O–H groups in total. The summed E-state index contributed by atoms with van der Waals surface area (Å²) in [6, 6.07) is 27.6. The highest BCUT2D eigenvalue weighted by Gasteiger charge is 2.31. The van der Waals surface area contributed by atoms with E-state index < -0.39 is 6.04 Å². The van der Waals surface area contributed by atoms with Crippen molar-refractivity contribution < 1.29 is 14.3 Å². The normalized spacial score (nSPS) is 11.8. The highest BCUT2D eigenvalue weighted by Crippen LogP contribution is 2.28. The standard InChI is InChI=1S/C32H32Cl2N2O3/c1-22(2)19-35-32(38)29(18-23-10-4-3-5-11-23)36(20-26-27(33)15-9-16-28(26)34)31(37)21-39-30-17-8-13-24-12-6-7-14-25(24)30/h3-17,22,29H,18-21H2,1-2H3,(H,35,38)/t29-/m1/s1. The number of carbonyl (C=O) groups excluding carboxylic acids is 2. The molecule has 0 bridgehead atoms. The van der Waals surface area contributed by atoms with Crippen LogP contribution in [-0.2, 0) is 22.6 Å². The van der Waals surface area contributed by atoms with E-state index in [1.54, 1.807) is 18.2 Å². The summed E-state index contributed by atoms with van der Waals surface area (Å²) in [5.74, 6) is 0.262. The Morgan fingerprint density at radius 2 is 1.49 bits per heavy atom. The van der Waals surface area contributed by atoms with Crippen molar-refractivity contribution in [3.63, 3.8) is 0 Å². The predicted molar refractivity (Wildman–Crippen MR) is 158 cm³/mol. The van der Waals surface area contributed by atoms with Gasteiger partial charge in [0.1, 0.15) is 11.8 Å². The van der Waals surface area contributed by atoms with Gasteiger partial charge in [0, 0.05) is 40.5 Å². The average molecular weight is 564 g/mol. The molecule has 0 aliphatic carbocycles. The largest absolute Gasteiger partial charge is 0.483 e. The molecule has 39 heavy (non-hydrogen) atoms. The first-order valence-corrected chi connectivity index (χ1v) is 13.7. The number of fused-ring (bicyclic) bond motifs is 1. The van der Waals surface area contributed by atoms with Gasteiger partial charge in [-0.2, -0.15) is 0 Å². The van der Waals surface area contributed by atoms with Crippen molar-refractivity contribution in [3.05, 3.63) is 112 Å². The Hall–Kier alpha value is -3.54. The van der Waals surface area contributed by atoms with Crippen molar-refractivity contribution in [1.29, 1.82) is 0 Å². The van der Waals surface area contributed by atoms with Gasteiger partial charge < -0.3 is 15.0 Å². The number of nitrogens with zero attached hydrogens (tertiary/aromatic N) is 1. The Labute approximate surface area is 239 Å². The second-order valence-electron chi connectivity index (χ2n) is 9.83. The van der Waals surface area contributed by atoms with Gasteiger partial charge in [0.05, 0.1) is 0 Å². The SMILES string of the molecule is CC(C)CNC(=O)[C@@H](Cc1ccccc1)N(Cc1c(Cl)cccc1Cl)C(=O)COc1cccc2ccccc12. The van der Waals surface area contributed by atoms with Crippen molar-refractivity contribution in [3.8, 4) is 5.75 Å². The van der Waals surface area contributed by atoms with E-state index in [2.05, 4.69) is 5.32 Å². The quantitative estimate of drug-likeness (QED) is 0.215. The molecular weight excluding hydrogens is 531 g/mol. The molecule has 4 aromatic rings. The lowest BCUT2D eigenvalue weighted by atomic mass is 10.0. The predicted octanol–water partition coefficient (Wildman–Crippen LogP) is 6.94. The number of nitrogens with one attached hydrogen (secondary N) is 1. The lowest BCUT2D eigenvalue weighted by Gasteiger charge is -2.32. The second kappa shape index (κ2) is 13.5. The maximum Gasteiger partial charge on any atom is 0.261 e. The zero-order valence-corrected chi connectivity index (χ0v) is 23.6. The summed E-state index contributed by atoms with van der Waals surface area (Å²) >= 11 is 13.0. The number of rotatable bonds is 11. The molecule has 1 atom stereocenters. The minimum atomic E-state index is -0.804. The van der Waals surface area contributed by atoms with Crippen LogP contribution in [0.1, 0.15) is 25.0 Å². The summed E-state index contributed by atoms with van der Waals surface area (Å²) in [7, 11) is 0. The fourth-order valence-corrected chi connectivity index (χ4v) is 4.89. The third-order valence-electron chi connectivity index (χ3n) is 6.45. The number of carbonyl (C=O) groups is 2. The van der Waals surface area contributed by atoms with Gasteiger partial charge in [0.2, 0.25) is 5.91 Å². The minimum Gasteiger partial charge on any atom is -0.483 e. The van der Waals surface area contributed by atoms with Crippen LogP contribution in [0.4, 0.5) is 0 Å². The van der Waals surface area contributed by atoms with Crippen LogP contribution in [0, 0.1) is 5.92 Å². The van der Waals surface area contributed by atoms with E-state index in [9.17, 15) is 9.59 Å². The molecule has 5 nitrogen and oxygen atoms in total. The van der Waals surface area contributed by atoms with Crippen molar-refractivity contribution >= 4 is 45.8 Å². The highest BCUT2D eigenvalue weighted by molar-refractivity contribution is 6.36. The van der Waals surface area contributed by atoms with Gasteiger partial charge in [-0.3, -0.25) is 9.59 Å². The lowest BCUT2D eigenvalue weighted by molar-refractivity contribution is -0.142. The minimum absolute atomic E-state index is 0.0584. The summed E-state index contributed by atoms with van der Waals surface area (Å²) in [6.45, 7) is 4.35. The first kappa shape index (κ1) is 28.5. The first-order chi connectivity index (χ1) is 18.8. The molecule has 0 saturated heterocycles. The van der Waals surface area contributed by atoms with Gasteiger partial charge in [-0.25, -0.2) is 0 Å². The van der Waals surface area contributed by atoms with Gasteiger partial charge in [-0.05, 0) is 35.1 Å². The molecule has 0 aliphatic heterocycles. The van der Waals surface area contributed by atoms with Crippen molar-refractivity contribution in [2.45, 2.75) is 32.9 Å². The third kappa shape index (κ3) is 7.53. The summed E-state index contributed by atoms with van der Waals surface area (Å²) < 4.78 is 6.05. The summed E-state index contributed by atoms with van der Waals surface area (Å²) in [4.78, 5) is 29.0. The maximum absolute atomic E-state index is 13.9. The topological polar surface area (TPSA) is 58.6 Å². The smallest absolute Gasteiger partial charge is 0.261 e. The maximum atomic E-state index is 13.9. The summed E-state index contributed by atoms with van der Waals surface area (Å²) in [5.41, 5.74) is 1.51. The molecule has 0 saturated carbocycles. The van der Waals surface area contributed by atoms with Crippen molar-refractivity contribution in [2.75, 3.05) is 13.2 Å². The van der Waals surface area contributed by atoms with Crippen LogP contribution in [-0.4, -0.2) is 35.9 Å². The summed E-state index contributed by atoms with van der Waals surface area (Å²) in [6.07, 6.45) is 0.326. The lowest BCUT2D eigenvalue weighted by Crippen LogP contribution is -2.52. The Kier molecular flexibility index (Phi) is 9.85. The number of halogens is 2. The molecule has 4 rings (SSSR count). The van der Waals surface area contributed by atoms with Crippen LogP contribution >= 0.6 is 23.2 Å². The molecule has 2 amide bonds. The highest BCUT2D eigenvalue weighted by atomic mass is 35.5. The molecule has 0 spiro atoms. The van der Waals surface area contributed by atoms with Gasteiger partial charge >= 0.3 is 0 Å². The number of hydrogen-bond donors (Lipinski definition) is 1. The van der Waals surface area contributed by atoms with E-state index in [1.165, 1.54) is 4.90 Å². The molecule has 7 heteroatoms. The molecule has 0 fully saturated rings. The molecule has 0 unspecified atom stereocenters. The molecule has 0 aliphatic rings. The Balaban J connectivity index is 1.67. The zero-order chi connectivity index (χ0) is 27.8. The van der Waals surface area contributed by atoms with Crippen LogP contribution in [0.15, 0.2) is 91.0 Å². The second-order valence-corrected chi connectivity index (χ2v) is 10.6. The fourth-order valence-electron chi connectivity index (χ4n) is 4.37. The molecular formula is C32H32Cl2N2O3. The van der Waals surface area contributed by atoms with Crippen molar-refractivity contribution in [1.82, 2.24) is 10.2 Å². The van der Waals surface area contributed by atoms with E-state index in [-0.39, 0.29) is 30.9 Å². The Morgan fingerprint density at radius 3 is 2.21 bits per heavy atom. The number of hydrogen-bond acceptors (Lipinski definition) is 3. The molecule has 0 radical (unpaired) electrons. The van der Waals surface area contributed by atoms with E-state index in [0.29, 0.717) is 34.3 Å². The van der Waals surface area contributed by atoms with Crippen LogP contribution in [0.3, 0.4) is 0 Å². The van der Waals surface area contributed by atoms with Gasteiger partial charge in [-0.1, -0.05) is 110 Å². The van der Waals surface area contributed by atoms with Gasteiger partial charge in [0.25, 0.3) is 5.91 Å². The first-order valence-electron chi connectivity index (χ1n) is 13.0.